The van der Waals surface area contributed by atoms with E-state index in [0.29, 0.717) is 37.9 Å². The van der Waals surface area contributed by atoms with Crippen molar-refractivity contribution in [1.82, 2.24) is 20.1 Å². The first-order chi connectivity index (χ1) is 14.2. The third-order valence-electron chi connectivity index (χ3n) is 4.66. The summed E-state index contributed by atoms with van der Waals surface area (Å²) in [6.07, 6.45) is 1.59. The third kappa shape index (κ3) is 4.78. The molecule has 1 saturated heterocycles. The smallest absolute Gasteiger partial charge is 0.247 e. The fourth-order valence-electron chi connectivity index (χ4n) is 3.09. The van der Waals surface area contributed by atoms with Crippen molar-refractivity contribution in [2.24, 2.45) is 0 Å². The van der Waals surface area contributed by atoms with Gasteiger partial charge in [0.05, 0.1) is 6.20 Å². The predicted octanol–water partition coefficient (Wildman–Crippen LogP) is 3.08. The molecule has 0 spiro atoms. The quantitative estimate of drug-likeness (QED) is 0.717. The molecule has 29 heavy (non-hydrogen) atoms. The number of carbonyl (C=O) groups is 1. The lowest BCUT2D eigenvalue weighted by atomic mass is 10.3. The highest BCUT2D eigenvalue weighted by Crippen LogP contribution is 2.24. The average Bonchev–Trinajstić information content (AvgIpc) is 2.76. The maximum atomic E-state index is 11.5. The largest absolute Gasteiger partial charge is 0.457 e. The number of nitrogens with zero attached hydrogens (tertiary/aromatic N) is 5. The Bertz CT molecular complexity index is 956. The number of anilines is 3. The maximum Gasteiger partial charge on any atom is 0.247 e. The molecular weight excluding hydrogens is 368 g/mol. The zero-order valence-corrected chi connectivity index (χ0v) is 16.2. The molecule has 1 aliphatic heterocycles. The van der Waals surface area contributed by atoms with Gasteiger partial charge in [-0.15, -0.1) is 5.10 Å². The Labute approximate surface area is 169 Å². The van der Waals surface area contributed by atoms with Crippen molar-refractivity contribution >= 4 is 23.4 Å². The Kier molecular flexibility index (Phi) is 5.51. The Balaban J connectivity index is 1.38. The summed E-state index contributed by atoms with van der Waals surface area (Å²) in [6, 6.07) is 17.3. The van der Waals surface area contributed by atoms with Crippen molar-refractivity contribution in [3.63, 3.8) is 0 Å². The van der Waals surface area contributed by atoms with E-state index in [1.54, 1.807) is 13.1 Å². The molecule has 1 fully saturated rings. The molecule has 0 atom stereocenters. The standard InChI is InChI=1S/C21H22N6O2/c1-16(28)26-11-13-27(14-12-26)21-24-20(15-22-25-21)23-17-7-9-19(10-8-17)29-18-5-3-2-4-6-18/h2-10,15H,11-14H2,1H3,(H,23,24,25). The molecule has 1 aliphatic rings. The van der Waals surface area contributed by atoms with Crippen LogP contribution in [-0.2, 0) is 4.79 Å². The molecule has 4 rings (SSSR count). The fourth-order valence-corrected chi connectivity index (χ4v) is 3.09. The molecule has 1 amide bonds. The maximum absolute atomic E-state index is 11.5. The van der Waals surface area contributed by atoms with E-state index < -0.39 is 0 Å². The second-order valence-corrected chi connectivity index (χ2v) is 6.70. The summed E-state index contributed by atoms with van der Waals surface area (Å²) in [5.74, 6) is 2.82. The van der Waals surface area contributed by atoms with Crippen LogP contribution in [0.3, 0.4) is 0 Å². The minimum Gasteiger partial charge on any atom is -0.457 e. The molecule has 8 heteroatoms. The molecule has 0 saturated carbocycles. The van der Waals surface area contributed by atoms with Gasteiger partial charge in [-0.3, -0.25) is 4.79 Å². The number of hydrogen-bond donors (Lipinski definition) is 1. The number of piperazine rings is 1. The number of para-hydroxylation sites is 1. The molecule has 2 aromatic carbocycles. The summed E-state index contributed by atoms with van der Waals surface area (Å²) in [5.41, 5.74) is 0.873. The van der Waals surface area contributed by atoms with Gasteiger partial charge in [0.25, 0.3) is 0 Å². The van der Waals surface area contributed by atoms with E-state index in [1.807, 2.05) is 64.4 Å². The van der Waals surface area contributed by atoms with Crippen LogP contribution < -0.4 is 15.0 Å². The Morgan fingerprint density at radius 2 is 1.66 bits per heavy atom. The minimum absolute atomic E-state index is 0.0961. The van der Waals surface area contributed by atoms with Crippen molar-refractivity contribution in [2.45, 2.75) is 6.92 Å². The Morgan fingerprint density at radius 1 is 0.966 bits per heavy atom. The first-order valence-electron chi connectivity index (χ1n) is 9.47. The molecule has 0 unspecified atom stereocenters. The van der Waals surface area contributed by atoms with Gasteiger partial charge in [-0.25, -0.2) is 0 Å². The Hall–Kier alpha value is -3.68. The predicted molar refractivity (Wildman–Crippen MR) is 111 cm³/mol. The number of ether oxygens (including phenoxy) is 1. The zero-order chi connectivity index (χ0) is 20.1. The van der Waals surface area contributed by atoms with Crippen molar-refractivity contribution in [3.8, 4) is 11.5 Å². The van der Waals surface area contributed by atoms with Gasteiger partial charge in [-0.05, 0) is 36.4 Å². The molecule has 148 valence electrons. The van der Waals surface area contributed by atoms with E-state index in [0.717, 1.165) is 17.2 Å². The highest BCUT2D eigenvalue weighted by atomic mass is 16.5. The second-order valence-electron chi connectivity index (χ2n) is 6.70. The van der Waals surface area contributed by atoms with E-state index in [9.17, 15) is 4.79 Å². The first kappa shape index (κ1) is 18.7. The van der Waals surface area contributed by atoms with Crippen LogP contribution in [0.2, 0.25) is 0 Å². The summed E-state index contributed by atoms with van der Waals surface area (Å²) >= 11 is 0. The number of benzene rings is 2. The summed E-state index contributed by atoms with van der Waals surface area (Å²) in [7, 11) is 0. The third-order valence-corrected chi connectivity index (χ3v) is 4.66. The van der Waals surface area contributed by atoms with Crippen LogP contribution in [0.4, 0.5) is 17.5 Å². The summed E-state index contributed by atoms with van der Waals surface area (Å²) in [4.78, 5) is 19.9. The van der Waals surface area contributed by atoms with Gasteiger partial charge in [0, 0.05) is 38.8 Å². The van der Waals surface area contributed by atoms with Gasteiger partial charge >= 0.3 is 0 Å². The summed E-state index contributed by atoms with van der Waals surface area (Å²) < 4.78 is 5.81. The number of nitrogens with one attached hydrogen (secondary N) is 1. The topological polar surface area (TPSA) is 83.5 Å². The lowest BCUT2D eigenvalue weighted by Crippen LogP contribution is -2.48. The normalized spacial score (nSPS) is 13.8. The van der Waals surface area contributed by atoms with Gasteiger partial charge in [0.15, 0.2) is 5.82 Å². The van der Waals surface area contributed by atoms with Crippen LogP contribution in [-0.4, -0.2) is 52.2 Å². The van der Waals surface area contributed by atoms with Gasteiger partial charge in [0.2, 0.25) is 11.9 Å². The van der Waals surface area contributed by atoms with Gasteiger partial charge < -0.3 is 19.9 Å². The van der Waals surface area contributed by atoms with E-state index in [2.05, 4.69) is 20.5 Å². The lowest BCUT2D eigenvalue weighted by molar-refractivity contribution is -0.129. The van der Waals surface area contributed by atoms with Crippen LogP contribution in [0.25, 0.3) is 0 Å². The molecular formula is C21H22N6O2. The lowest BCUT2D eigenvalue weighted by Gasteiger charge is -2.33. The highest BCUT2D eigenvalue weighted by Gasteiger charge is 2.20. The van der Waals surface area contributed by atoms with Crippen molar-refractivity contribution in [2.75, 3.05) is 36.4 Å². The number of aromatic nitrogens is 3. The number of amides is 1. The summed E-state index contributed by atoms with van der Waals surface area (Å²) in [6.45, 7) is 4.30. The molecule has 0 aliphatic carbocycles. The van der Waals surface area contributed by atoms with Crippen molar-refractivity contribution in [1.29, 1.82) is 0 Å². The van der Waals surface area contributed by atoms with Gasteiger partial charge in [-0.2, -0.15) is 10.1 Å². The van der Waals surface area contributed by atoms with E-state index in [-0.39, 0.29) is 5.91 Å². The molecule has 0 radical (unpaired) electrons. The average molecular weight is 390 g/mol. The molecule has 3 aromatic rings. The molecule has 2 heterocycles. The van der Waals surface area contributed by atoms with Gasteiger partial charge in [0.1, 0.15) is 11.5 Å². The number of hydrogen-bond acceptors (Lipinski definition) is 7. The van der Waals surface area contributed by atoms with E-state index >= 15 is 0 Å². The minimum atomic E-state index is 0.0961. The van der Waals surface area contributed by atoms with Crippen LogP contribution in [0.1, 0.15) is 6.92 Å². The fraction of sp³-hybridized carbons (Fsp3) is 0.238. The highest BCUT2D eigenvalue weighted by molar-refractivity contribution is 5.73. The van der Waals surface area contributed by atoms with Crippen LogP contribution in [0.15, 0.2) is 60.8 Å². The number of carbonyl (C=O) groups excluding carboxylic acids is 1. The van der Waals surface area contributed by atoms with Crippen molar-refractivity contribution < 1.29 is 9.53 Å². The molecule has 0 bridgehead atoms. The van der Waals surface area contributed by atoms with E-state index in [1.165, 1.54) is 0 Å². The number of rotatable bonds is 5. The zero-order valence-electron chi connectivity index (χ0n) is 16.2. The molecule has 1 N–H and O–H groups in total. The monoisotopic (exact) mass is 390 g/mol. The molecule has 1 aromatic heterocycles. The summed E-state index contributed by atoms with van der Waals surface area (Å²) in [5, 5.41) is 11.4. The first-order valence-corrected chi connectivity index (χ1v) is 9.47. The second kappa shape index (κ2) is 8.55. The Morgan fingerprint density at radius 3 is 2.34 bits per heavy atom. The van der Waals surface area contributed by atoms with E-state index in [4.69, 9.17) is 4.74 Å². The van der Waals surface area contributed by atoms with Crippen molar-refractivity contribution in [3.05, 3.63) is 60.8 Å². The van der Waals surface area contributed by atoms with Crippen LogP contribution in [0, 0.1) is 0 Å². The SMILES string of the molecule is CC(=O)N1CCN(c2nncc(Nc3ccc(Oc4ccccc4)cc3)n2)CC1. The molecule has 8 nitrogen and oxygen atoms in total. The van der Waals surface area contributed by atoms with Crippen LogP contribution in [0.5, 0.6) is 11.5 Å². The van der Waals surface area contributed by atoms with Gasteiger partial charge in [-0.1, -0.05) is 18.2 Å². The van der Waals surface area contributed by atoms with Crippen LogP contribution >= 0.6 is 0 Å².